The Morgan fingerprint density at radius 2 is 1.20 bits per heavy atom. The molecule has 2 aromatic carbocycles. The van der Waals surface area contributed by atoms with Gasteiger partial charge in [-0.2, -0.15) is 4.98 Å². The van der Waals surface area contributed by atoms with Gasteiger partial charge in [0.05, 0.1) is 52.2 Å². The molecule has 19 heteroatoms. The van der Waals surface area contributed by atoms with Gasteiger partial charge in [-0.3, -0.25) is 22.9 Å². The highest BCUT2D eigenvalue weighted by Crippen LogP contribution is 2.25. The van der Waals surface area contributed by atoms with E-state index < -0.39 is 64.4 Å². The minimum atomic E-state index is -1.55. The minimum absolute atomic E-state index is 0.00629. The van der Waals surface area contributed by atoms with Gasteiger partial charge in [-0.25, -0.2) is 32.5 Å². The molecule has 4 heterocycles. The second-order valence-electron chi connectivity index (χ2n) is 9.98. The summed E-state index contributed by atoms with van der Waals surface area (Å²) in [6, 6.07) is 9.92. The quantitative estimate of drug-likeness (QED) is 0.124. The summed E-state index contributed by atoms with van der Waals surface area (Å²) in [6.07, 6.45) is 1.35. The summed E-state index contributed by atoms with van der Waals surface area (Å²) in [5.41, 5.74) is -1.61. The molecule has 0 aliphatic heterocycles. The molecule has 0 spiro atoms. The van der Waals surface area contributed by atoms with Gasteiger partial charge < -0.3 is 15.5 Å². The summed E-state index contributed by atoms with van der Waals surface area (Å²) >= 11 is 12.2. The van der Waals surface area contributed by atoms with Gasteiger partial charge >= 0.3 is 0 Å². The number of rotatable bonds is 7. The number of aliphatic hydroxyl groups is 2. The van der Waals surface area contributed by atoms with Crippen LogP contribution in [0.4, 0.5) is 23.5 Å². The van der Waals surface area contributed by atoms with E-state index in [0.717, 1.165) is 39.5 Å². The first-order chi connectivity index (χ1) is 23.3. The minimum Gasteiger partial charge on any atom is -0.394 e. The summed E-state index contributed by atoms with van der Waals surface area (Å²) < 4.78 is 68.0. The van der Waals surface area contributed by atoms with E-state index in [1.165, 1.54) is 24.5 Å². The zero-order valence-corrected chi connectivity index (χ0v) is 27.1. The lowest BCUT2D eigenvalue weighted by Gasteiger charge is -2.15. The molecule has 1 atom stereocenters. The van der Waals surface area contributed by atoms with Crippen molar-refractivity contribution in [3.8, 4) is 11.4 Å². The maximum atomic E-state index is 14.2. The molecular weight excluding hydrogens is 717 g/mol. The third kappa shape index (κ3) is 7.45. The Morgan fingerprint density at radius 1 is 0.735 bits per heavy atom. The van der Waals surface area contributed by atoms with E-state index in [-0.39, 0.29) is 54.9 Å². The summed E-state index contributed by atoms with van der Waals surface area (Å²) in [5.74, 6) is -3.52. The summed E-state index contributed by atoms with van der Waals surface area (Å²) in [5, 5.41) is 21.4. The monoisotopic (exact) mass is 737 g/mol. The first kappa shape index (κ1) is 35.5. The summed E-state index contributed by atoms with van der Waals surface area (Å²) in [4.78, 5) is 40.6. The number of benzene rings is 2. The van der Waals surface area contributed by atoms with Gasteiger partial charge in [0.1, 0.15) is 33.6 Å². The van der Waals surface area contributed by atoms with Crippen molar-refractivity contribution in [1.82, 2.24) is 29.1 Å². The van der Waals surface area contributed by atoms with Gasteiger partial charge in [-0.1, -0.05) is 23.2 Å². The van der Waals surface area contributed by atoms with Gasteiger partial charge in [0.15, 0.2) is 11.3 Å². The highest BCUT2D eigenvalue weighted by Gasteiger charge is 2.18. The van der Waals surface area contributed by atoms with Crippen LogP contribution in [0.2, 0.25) is 10.3 Å². The molecule has 0 aliphatic rings. The Kier molecular flexibility index (Phi) is 10.7. The van der Waals surface area contributed by atoms with E-state index in [1.807, 2.05) is 0 Å². The van der Waals surface area contributed by atoms with Gasteiger partial charge in [0.25, 0.3) is 11.1 Å². The number of nitrogens with zero attached hydrogens (tertiary/aromatic N) is 6. The first-order valence-corrected chi connectivity index (χ1v) is 16.1. The molecule has 0 radical (unpaired) electrons. The van der Waals surface area contributed by atoms with Crippen molar-refractivity contribution < 1.29 is 32.0 Å². The van der Waals surface area contributed by atoms with Gasteiger partial charge in [-0.15, -0.1) is 0 Å². The number of aliphatic hydroxyl groups excluding tert-OH is 2. The topological polar surface area (TPSA) is 165 Å². The van der Waals surface area contributed by atoms with Gasteiger partial charge in [0.2, 0.25) is 11.1 Å². The van der Waals surface area contributed by atoms with E-state index in [1.54, 1.807) is 0 Å². The Hall–Kier alpha value is -4.81. The Bertz CT molecular complexity index is 2380. The lowest BCUT2D eigenvalue weighted by Crippen LogP contribution is -2.29. The lowest BCUT2D eigenvalue weighted by atomic mass is 10.2. The third-order valence-electron chi connectivity index (χ3n) is 6.72. The number of fused-ring (bicyclic) bond motifs is 2. The summed E-state index contributed by atoms with van der Waals surface area (Å²) in [7, 11) is -1.55. The zero-order valence-electron chi connectivity index (χ0n) is 24.7. The maximum absolute atomic E-state index is 14.2. The number of hydrogen-bond donors (Lipinski definition) is 3. The van der Waals surface area contributed by atoms with Crippen molar-refractivity contribution in [3.63, 3.8) is 0 Å². The van der Waals surface area contributed by atoms with Crippen molar-refractivity contribution in [3.05, 3.63) is 115 Å². The van der Waals surface area contributed by atoms with Crippen LogP contribution in [0.25, 0.3) is 33.4 Å². The van der Waals surface area contributed by atoms with Crippen molar-refractivity contribution >= 4 is 62.0 Å². The Morgan fingerprint density at radius 3 is 1.65 bits per heavy atom. The fourth-order valence-corrected chi connectivity index (χ4v) is 5.39. The highest BCUT2D eigenvalue weighted by atomic mass is 35.5. The molecule has 0 amide bonds. The predicted octanol–water partition coefficient (Wildman–Crippen LogP) is 3.93. The van der Waals surface area contributed by atoms with Crippen molar-refractivity contribution in [2.75, 3.05) is 24.8 Å². The standard InChI is InChI=1S/C16H13ClF2N4O3.C14H8ClF2N3O2S/c17-14-10-2-4-13(26)23(12-3-1-8(18)5-11(12)19)15(10)22-16(21-14)20-9(6-24)7-25;1-23(22)14-18-12(15)8-3-5-11(21)20(13(8)19-14)10-4-2-7(16)6-9(10)17/h1-5,9,24-25H,6-7H2,(H,20,21,22);2-6H,1H3. The lowest BCUT2D eigenvalue weighted by molar-refractivity contribution is 0.203. The molecule has 4 aromatic heterocycles. The van der Waals surface area contributed by atoms with Crippen LogP contribution in [-0.4, -0.2) is 69.0 Å². The van der Waals surface area contributed by atoms with Crippen LogP contribution < -0.4 is 16.4 Å². The predicted molar refractivity (Wildman–Crippen MR) is 174 cm³/mol. The fourth-order valence-electron chi connectivity index (χ4n) is 4.45. The molecule has 254 valence electrons. The maximum Gasteiger partial charge on any atom is 0.256 e. The van der Waals surface area contributed by atoms with Crippen LogP contribution in [-0.2, 0) is 10.8 Å². The van der Waals surface area contributed by atoms with Crippen molar-refractivity contribution in [1.29, 1.82) is 0 Å². The molecule has 49 heavy (non-hydrogen) atoms. The van der Waals surface area contributed by atoms with Gasteiger partial charge in [0, 0.05) is 30.5 Å². The van der Waals surface area contributed by atoms with Crippen LogP contribution in [0.3, 0.4) is 0 Å². The highest BCUT2D eigenvalue weighted by molar-refractivity contribution is 7.84. The zero-order chi connectivity index (χ0) is 35.6. The summed E-state index contributed by atoms with van der Waals surface area (Å²) in [6.45, 7) is -0.798. The van der Waals surface area contributed by atoms with E-state index >= 15 is 0 Å². The van der Waals surface area contributed by atoms with E-state index in [2.05, 4.69) is 25.3 Å². The van der Waals surface area contributed by atoms with E-state index in [0.29, 0.717) is 12.1 Å². The molecule has 0 aliphatic carbocycles. The molecule has 12 nitrogen and oxygen atoms in total. The fraction of sp³-hybridized carbons (Fsp3) is 0.133. The number of nitrogens with one attached hydrogen (secondary N) is 1. The molecule has 0 saturated carbocycles. The second-order valence-corrected chi connectivity index (χ2v) is 12.0. The average Bonchev–Trinajstić information content (AvgIpc) is 3.05. The average molecular weight is 739 g/mol. The number of aromatic nitrogens is 6. The Balaban J connectivity index is 0.000000192. The van der Waals surface area contributed by atoms with Crippen molar-refractivity contribution in [2.24, 2.45) is 0 Å². The molecule has 0 bridgehead atoms. The molecule has 6 aromatic rings. The number of hydrogen-bond acceptors (Lipinski definition) is 10. The molecule has 6 rings (SSSR count). The van der Waals surface area contributed by atoms with Crippen molar-refractivity contribution in [2.45, 2.75) is 11.2 Å². The molecular formula is C30H21Cl2F4N7O5S. The molecule has 0 fully saturated rings. The van der Waals surface area contributed by atoms with Crippen LogP contribution in [0, 0.1) is 23.3 Å². The number of anilines is 1. The number of halogens is 6. The van der Waals surface area contributed by atoms with Crippen LogP contribution in [0.1, 0.15) is 0 Å². The second kappa shape index (κ2) is 14.8. The van der Waals surface area contributed by atoms with Crippen LogP contribution in [0.5, 0.6) is 0 Å². The number of pyridine rings is 2. The molecule has 1 unspecified atom stereocenters. The molecule has 0 saturated heterocycles. The van der Waals surface area contributed by atoms with Gasteiger partial charge in [-0.05, 0) is 36.4 Å². The largest absolute Gasteiger partial charge is 0.394 e. The third-order valence-corrected chi connectivity index (χ3v) is 7.99. The molecule has 3 N–H and O–H groups in total. The SMILES string of the molecule is CS(=O)c1nc(Cl)c2ccc(=O)n(-c3ccc(F)cc3F)c2n1.O=c1ccc2c(Cl)nc(NC(CO)CO)nc2n1-c1ccc(F)cc1F. The Labute approximate surface area is 284 Å². The first-order valence-electron chi connectivity index (χ1n) is 13.7. The van der Waals surface area contributed by atoms with E-state index in [9.17, 15) is 31.4 Å². The normalized spacial score (nSPS) is 11.9. The van der Waals surface area contributed by atoms with E-state index in [4.69, 9.17) is 33.4 Å². The van der Waals surface area contributed by atoms with Crippen LogP contribution >= 0.6 is 23.2 Å². The smallest absolute Gasteiger partial charge is 0.256 e. The van der Waals surface area contributed by atoms with Crippen LogP contribution in [0.15, 0.2) is 75.4 Å².